The van der Waals surface area contributed by atoms with Gasteiger partial charge in [-0.15, -0.1) is 0 Å². The molecule has 2 aromatic carbocycles. The van der Waals surface area contributed by atoms with E-state index in [1.54, 1.807) is 30.5 Å². The van der Waals surface area contributed by atoms with E-state index in [1.165, 1.54) is 5.56 Å². The molecule has 0 bridgehead atoms. The molecule has 5 heteroatoms. The van der Waals surface area contributed by atoms with Gasteiger partial charge in [0.1, 0.15) is 11.8 Å². The molecule has 126 valence electrons. The van der Waals surface area contributed by atoms with Crippen LogP contribution in [0.2, 0.25) is 0 Å². The number of phenolic OH excluding ortho intramolecular Hbond substituents is 1. The second kappa shape index (κ2) is 8.15. The fraction of sp³-hybridized carbons (Fsp3) is 0.263. The van der Waals surface area contributed by atoms with E-state index in [1.807, 2.05) is 32.9 Å². The summed E-state index contributed by atoms with van der Waals surface area (Å²) in [6.45, 7) is 6.01. The zero-order chi connectivity index (χ0) is 17.5. The van der Waals surface area contributed by atoms with E-state index in [0.717, 1.165) is 16.8 Å². The van der Waals surface area contributed by atoms with Gasteiger partial charge in [0.05, 0.1) is 6.21 Å². The van der Waals surface area contributed by atoms with Gasteiger partial charge in [-0.2, -0.15) is 5.10 Å². The number of aryl methyl sites for hydroxylation is 2. The van der Waals surface area contributed by atoms with Crippen molar-refractivity contribution in [2.45, 2.75) is 33.2 Å². The number of hydrazone groups is 1. The van der Waals surface area contributed by atoms with Gasteiger partial charge in [0.15, 0.2) is 0 Å². The number of aromatic hydroxyl groups is 1. The maximum atomic E-state index is 12.3. The van der Waals surface area contributed by atoms with Crippen molar-refractivity contribution in [3.8, 4) is 5.75 Å². The predicted molar refractivity (Wildman–Crippen MR) is 97.5 cm³/mol. The summed E-state index contributed by atoms with van der Waals surface area (Å²) in [6.07, 6.45) is 2.19. The Morgan fingerprint density at radius 3 is 2.54 bits per heavy atom. The summed E-state index contributed by atoms with van der Waals surface area (Å²) in [5.74, 6) is 0.00686. The molecule has 1 atom stereocenters. The van der Waals surface area contributed by atoms with E-state index in [2.05, 4.69) is 21.9 Å². The van der Waals surface area contributed by atoms with Crippen molar-refractivity contribution in [3.63, 3.8) is 0 Å². The molecule has 2 aromatic rings. The van der Waals surface area contributed by atoms with Gasteiger partial charge in [0.2, 0.25) is 0 Å². The lowest BCUT2D eigenvalue weighted by atomic mass is 10.1. The van der Waals surface area contributed by atoms with E-state index in [9.17, 15) is 9.90 Å². The highest BCUT2D eigenvalue weighted by Gasteiger charge is 2.16. The van der Waals surface area contributed by atoms with Crippen molar-refractivity contribution < 1.29 is 9.90 Å². The first-order valence-corrected chi connectivity index (χ1v) is 7.95. The predicted octanol–water partition coefficient (Wildman–Crippen LogP) is 3.35. The van der Waals surface area contributed by atoms with Crippen LogP contribution in [-0.4, -0.2) is 23.3 Å². The SMILES string of the molecule is CC[C@H](Nc1ccc(C)cc1C)C(=O)N/N=C\c1ccc(O)cc1. The molecule has 0 aromatic heterocycles. The quantitative estimate of drug-likeness (QED) is 0.563. The molecule has 0 unspecified atom stereocenters. The third-order valence-corrected chi connectivity index (χ3v) is 3.72. The molecule has 0 saturated heterocycles. The van der Waals surface area contributed by atoms with Crippen molar-refractivity contribution in [1.82, 2.24) is 5.43 Å². The number of benzene rings is 2. The number of amides is 1. The number of hydrogen-bond donors (Lipinski definition) is 3. The van der Waals surface area contributed by atoms with Crippen molar-refractivity contribution in [2.75, 3.05) is 5.32 Å². The molecule has 0 spiro atoms. The minimum Gasteiger partial charge on any atom is -0.508 e. The maximum absolute atomic E-state index is 12.3. The average Bonchev–Trinajstić information content (AvgIpc) is 2.56. The monoisotopic (exact) mass is 325 g/mol. The smallest absolute Gasteiger partial charge is 0.262 e. The summed E-state index contributed by atoms with van der Waals surface area (Å²) in [4.78, 5) is 12.3. The highest BCUT2D eigenvalue weighted by Crippen LogP contribution is 2.17. The first-order valence-electron chi connectivity index (χ1n) is 7.95. The number of rotatable bonds is 6. The number of carbonyl (C=O) groups is 1. The van der Waals surface area contributed by atoms with E-state index in [4.69, 9.17) is 0 Å². The Morgan fingerprint density at radius 2 is 1.92 bits per heavy atom. The van der Waals surface area contributed by atoms with E-state index in [0.29, 0.717) is 6.42 Å². The second-order valence-corrected chi connectivity index (χ2v) is 5.75. The van der Waals surface area contributed by atoms with Crippen LogP contribution in [0, 0.1) is 13.8 Å². The molecule has 0 aliphatic carbocycles. The van der Waals surface area contributed by atoms with E-state index in [-0.39, 0.29) is 17.7 Å². The molecule has 5 nitrogen and oxygen atoms in total. The Kier molecular flexibility index (Phi) is 5.95. The van der Waals surface area contributed by atoms with Crippen LogP contribution in [0.4, 0.5) is 5.69 Å². The van der Waals surface area contributed by atoms with Crippen LogP contribution in [-0.2, 0) is 4.79 Å². The van der Waals surface area contributed by atoms with Gasteiger partial charge in [-0.3, -0.25) is 4.79 Å². The topological polar surface area (TPSA) is 73.7 Å². The molecule has 0 aliphatic heterocycles. The fourth-order valence-electron chi connectivity index (χ4n) is 2.32. The molecule has 0 heterocycles. The minimum absolute atomic E-state index is 0.187. The van der Waals surface area contributed by atoms with Crippen LogP contribution in [0.3, 0.4) is 0 Å². The van der Waals surface area contributed by atoms with Gasteiger partial charge in [-0.05, 0) is 61.7 Å². The highest BCUT2D eigenvalue weighted by molar-refractivity contribution is 5.87. The zero-order valence-corrected chi connectivity index (χ0v) is 14.2. The Labute approximate surface area is 142 Å². The fourth-order valence-corrected chi connectivity index (χ4v) is 2.32. The number of nitrogens with zero attached hydrogens (tertiary/aromatic N) is 1. The third-order valence-electron chi connectivity index (χ3n) is 3.72. The van der Waals surface area contributed by atoms with Gasteiger partial charge in [0.25, 0.3) is 5.91 Å². The number of phenols is 1. The van der Waals surface area contributed by atoms with Crippen LogP contribution in [0.15, 0.2) is 47.6 Å². The number of nitrogens with one attached hydrogen (secondary N) is 2. The van der Waals surface area contributed by atoms with Crippen molar-refractivity contribution in [3.05, 3.63) is 59.2 Å². The zero-order valence-electron chi connectivity index (χ0n) is 14.2. The Morgan fingerprint density at radius 1 is 1.21 bits per heavy atom. The average molecular weight is 325 g/mol. The van der Waals surface area contributed by atoms with Gasteiger partial charge in [0, 0.05) is 5.69 Å². The summed E-state index contributed by atoms with van der Waals surface area (Å²) in [6, 6.07) is 12.3. The third kappa shape index (κ3) is 4.84. The molecule has 2 rings (SSSR count). The Hall–Kier alpha value is -2.82. The van der Waals surface area contributed by atoms with Crippen molar-refractivity contribution >= 4 is 17.8 Å². The lowest BCUT2D eigenvalue weighted by Crippen LogP contribution is -2.37. The summed E-state index contributed by atoms with van der Waals surface area (Å²) >= 11 is 0. The van der Waals surface area contributed by atoms with Crippen molar-refractivity contribution in [1.29, 1.82) is 0 Å². The van der Waals surface area contributed by atoms with Crippen LogP contribution < -0.4 is 10.7 Å². The first-order chi connectivity index (χ1) is 11.5. The molecular weight excluding hydrogens is 302 g/mol. The van der Waals surface area contributed by atoms with Crippen LogP contribution in [0.1, 0.15) is 30.0 Å². The van der Waals surface area contributed by atoms with Gasteiger partial charge >= 0.3 is 0 Å². The molecule has 0 radical (unpaired) electrons. The Balaban J connectivity index is 1.97. The van der Waals surface area contributed by atoms with Gasteiger partial charge < -0.3 is 10.4 Å². The minimum atomic E-state index is -0.358. The standard InChI is InChI=1S/C19H23N3O2/c1-4-17(21-18-10-5-13(2)11-14(18)3)19(24)22-20-12-15-6-8-16(23)9-7-15/h5-12,17,21,23H,4H2,1-3H3,(H,22,24)/b20-12-/t17-/m0/s1. The molecule has 0 saturated carbocycles. The number of hydrogen-bond acceptors (Lipinski definition) is 4. The molecule has 0 fully saturated rings. The summed E-state index contributed by atoms with van der Waals surface area (Å²) < 4.78 is 0. The van der Waals surface area contributed by atoms with Gasteiger partial charge in [-0.1, -0.05) is 24.6 Å². The molecule has 3 N–H and O–H groups in total. The largest absolute Gasteiger partial charge is 0.508 e. The van der Waals surface area contributed by atoms with E-state index < -0.39 is 0 Å². The first kappa shape index (κ1) is 17.5. The number of anilines is 1. The van der Waals surface area contributed by atoms with E-state index >= 15 is 0 Å². The lowest BCUT2D eigenvalue weighted by Gasteiger charge is -2.18. The lowest BCUT2D eigenvalue weighted by molar-refractivity contribution is -0.121. The van der Waals surface area contributed by atoms with Crippen LogP contribution >= 0.6 is 0 Å². The Bertz CT molecular complexity index is 724. The van der Waals surface area contributed by atoms with Crippen LogP contribution in [0.5, 0.6) is 5.75 Å². The van der Waals surface area contributed by atoms with Crippen molar-refractivity contribution in [2.24, 2.45) is 5.10 Å². The second-order valence-electron chi connectivity index (χ2n) is 5.75. The summed E-state index contributed by atoms with van der Waals surface area (Å²) in [7, 11) is 0. The molecule has 1 amide bonds. The number of carbonyl (C=O) groups excluding carboxylic acids is 1. The molecule has 0 aliphatic rings. The normalized spacial score (nSPS) is 12.1. The van der Waals surface area contributed by atoms with Crippen LogP contribution in [0.25, 0.3) is 0 Å². The molecular formula is C19H23N3O2. The summed E-state index contributed by atoms with van der Waals surface area (Å²) in [5, 5.41) is 16.5. The highest BCUT2D eigenvalue weighted by atomic mass is 16.3. The molecule has 24 heavy (non-hydrogen) atoms. The maximum Gasteiger partial charge on any atom is 0.262 e. The summed E-state index contributed by atoms with van der Waals surface area (Å²) in [5.41, 5.74) is 6.59. The van der Waals surface area contributed by atoms with Gasteiger partial charge in [-0.25, -0.2) is 5.43 Å².